The first-order valence-corrected chi connectivity index (χ1v) is 10.3. The first kappa shape index (κ1) is 17.1. The molecule has 0 radical (unpaired) electrons. The molecule has 1 saturated carbocycles. The average molecular weight is 388 g/mol. The van der Waals surface area contributed by atoms with Gasteiger partial charge in [0, 0.05) is 28.5 Å². The zero-order chi connectivity index (χ0) is 19.1. The first-order valence-electron chi connectivity index (χ1n) is 9.45. The molecule has 28 heavy (non-hydrogen) atoms. The smallest absolute Gasteiger partial charge is 0.224 e. The van der Waals surface area contributed by atoms with Gasteiger partial charge in [-0.2, -0.15) is 0 Å². The molecule has 0 aliphatic heterocycles. The van der Waals surface area contributed by atoms with E-state index in [4.69, 9.17) is 0 Å². The average Bonchev–Trinajstić information content (AvgIpc) is 3.17. The van der Waals surface area contributed by atoms with Crippen LogP contribution < -0.4 is 5.32 Å². The molecule has 4 aromatic rings. The highest BCUT2D eigenvalue weighted by molar-refractivity contribution is 7.15. The van der Waals surface area contributed by atoms with Gasteiger partial charge in [-0.3, -0.25) is 4.79 Å². The highest BCUT2D eigenvalue weighted by Crippen LogP contribution is 2.47. The molecule has 2 aromatic heterocycles. The summed E-state index contributed by atoms with van der Waals surface area (Å²) in [6.45, 7) is 2.01. The molecule has 3 atom stereocenters. The van der Waals surface area contributed by atoms with Crippen LogP contribution in [0.15, 0.2) is 60.8 Å². The van der Waals surface area contributed by atoms with Gasteiger partial charge in [-0.25, -0.2) is 9.97 Å². The second kappa shape index (κ2) is 6.87. The number of H-pyrrole nitrogens is 1. The Balaban J connectivity index is 1.24. The van der Waals surface area contributed by atoms with Crippen molar-refractivity contribution in [2.75, 3.05) is 0 Å². The maximum Gasteiger partial charge on any atom is 0.224 e. The van der Waals surface area contributed by atoms with E-state index in [1.54, 1.807) is 11.3 Å². The van der Waals surface area contributed by atoms with Gasteiger partial charge in [0.15, 0.2) is 0 Å². The number of thiazole rings is 1. The number of carbonyl (C=O) groups is 1. The number of hydrogen-bond donors (Lipinski definition) is 2. The first-order chi connectivity index (χ1) is 13.7. The zero-order valence-electron chi connectivity index (χ0n) is 15.4. The fraction of sp³-hybridized carbons (Fsp3) is 0.227. The van der Waals surface area contributed by atoms with Crippen molar-refractivity contribution in [1.82, 2.24) is 20.3 Å². The van der Waals surface area contributed by atoms with Gasteiger partial charge in [-0.15, -0.1) is 11.3 Å². The van der Waals surface area contributed by atoms with Gasteiger partial charge in [-0.05, 0) is 25.5 Å². The number of amides is 1. The lowest BCUT2D eigenvalue weighted by atomic mass is 10.2. The Morgan fingerprint density at radius 2 is 1.96 bits per heavy atom. The van der Waals surface area contributed by atoms with Crippen LogP contribution in [0.3, 0.4) is 0 Å². The largest absolute Gasteiger partial charge is 0.348 e. The van der Waals surface area contributed by atoms with Crippen molar-refractivity contribution in [1.29, 1.82) is 0 Å². The number of fused-ring (bicyclic) bond motifs is 1. The van der Waals surface area contributed by atoms with E-state index in [-0.39, 0.29) is 23.8 Å². The lowest BCUT2D eigenvalue weighted by molar-refractivity contribution is -0.123. The van der Waals surface area contributed by atoms with E-state index in [9.17, 15) is 4.79 Å². The van der Waals surface area contributed by atoms with Crippen molar-refractivity contribution < 1.29 is 4.79 Å². The van der Waals surface area contributed by atoms with Crippen molar-refractivity contribution in [2.24, 2.45) is 5.92 Å². The maximum atomic E-state index is 12.7. The molecule has 1 fully saturated rings. The topological polar surface area (TPSA) is 70.7 Å². The summed E-state index contributed by atoms with van der Waals surface area (Å²) in [7, 11) is 0. The zero-order valence-corrected chi connectivity index (χ0v) is 16.2. The summed E-state index contributed by atoms with van der Waals surface area (Å²) in [5.74, 6) is 1.18. The standard InChI is InChI=1S/C22H20N4OS/c1-13(19-12-23-22(28-19)14-7-3-2-4-8-14)24-21(27)16-11-15(16)20-25-17-9-5-6-10-18(17)26-20/h2-10,12-13,15-16H,11H2,1H3,(H,24,27)(H,25,26)/t13-,15+,16+/m1/s1. The third-order valence-corrected chi connectivity index (χ3v) is 6.45. The van der Waals surface area contributed by atoms with E-state index in [0.29, 0.717) is 0 Å². The summed E-state index contributed by atoms with van der Waals surface area (Å²) >= 11 is 1.62. The molecule has 0 spiro atoms. The van der Waals surface area contributed by atoms with Crippen molar-refractivity contribution >= 4 is 28.3 Å². The predicted octanol–water partition coefficient (Wildman–Crippen LogP) is 4.67. The Kier molecular flexibility index (Phi) is 4.20. The van der Waals surface area contributed by atoms with Gasteiger partial charge < -0.3 is 10.3 Å². The quantitative estimate of drug-likeness (QED) is 0.522. The van der Waals surface area contributed by atoms with E-state index >= 15 is 0 Å². The highest BCUT2D eigenvalue weighted by atomic mass is 32.1. The molecule has 1 amide bonds. The number of para-hydroxylation sites is 2. The van der Waals surface area contributed by atoms with Gasteiger partial charge in [0.1, 0.15) is 10.8 Å². The highest BCUT2D eigenvalue weighted by Gasteiger charge is 2.46. The van der Waals surface area contributed by atoms with Gasteiger partial charge in [0.2, 0.25) is 5.91 Å². The summed E-state index contributed by atoms with van der Waals surface area (Å²) in [4.78, 5) is 26.3. The summed E-state index contributed by atoms with van der Waals surface area (Å²) in [6.07, 6.45) is 2.71. The van der Waals surface area contributed by atoms with Gasteiger partial charge in [0.05, 0.1) is 17.1 Å². The molecule has 0 unspecified atom stereocenters. The Morgan fingerprint density at radius 1 is 1.18 bits per heavy atom. The number of rotatable bonds is 5. The van der Waals surface area contributed by atoms with Crippen LogP contribution in [0.1, 0.15) is 36.0 Å². The van der Waals surface area contributed by atoms with E-state index in [0.717, 1.165) is 38.7 Å². The molecule has 140 valence electrons. The molecular weight excluding hydrogens is 368 g/mol. The molecule has 2 N–H and O–H groups in total. The molecule has 2 heterocycles. The van der Waals surface area contributed by atoms with Gasteiger partial charge in [0.25, 0.3) is 0 Å². The Bertz CT molecular complexity index is 1100. The summed E-state index contributed by atoms with van der Waals surface area (Å²) in [5.41, 5.74) is 3.08. The van der Waals surface area contributed by atoms with Crippen LogP contribution in [0.5, 0.6) is 0 Å². The molecule has 0 bridgehead atoms. The number of nitrogens with one attached hydrogen (secondary N) is 2. The number of hydrogen-bond acceptors (Lipinski definition) is 4. The van der Waals surface area contributed by atoms with Crippen LogP contribution in [0.25, 0.3) is 21.6 Å². The minimum atomic E-state index is -0.0561. The van der Waals surface area contributed by atoms with Crippen LogP contribution >= 0.6 is 11.3 Å². The minimum Gasteiger partial charge on any atom is -0.348 e. The van der Waals surface area contributed by atoms with Crippen LogP contribution in [-0.4, -0.2) is 20.9 Å². The molecule has 1 aliphatic carbocycles. The number of nitrogens with zero attached hydrogens (tertiary/aromatic N) is 2. The summed E-state index contributed by atoms with van der Waals surface area (Å²) < 4.78 is 0. The molecular formula is C22H20N4OS. The minimum absolute atomic E-state index is 0.00970. The second-order valence-electron chi connectivity index (χ2n) is 7.25. The van der Waals surface area contributed by atoms with E-state index in [1.807, 2.05) is 67.7 Å². The van der Waals surface area contributed by atoms with E-state index < -0.39 is 0 Å². The van der Waals surface area contributed by atoms with Crippen LogP contribution in [0.2, 0.25) is 0 Å². The molecule has 5 nitrogen and oxygen atoms in total. The summed E-state index contributed by atoms with van der Waals surface area (Å²) in [6, 6.07) is 18.0. The van der Waals surface area contributed by atoms with Crippen molar-refractivity contribution in [3.8, 4) is 10.6 Å². The van der Waals surface area contributed by atoms with E-state index in [1.165, 1.54) is 0 Å². The monoisotopic (exact) mass is 388 g/mol. The molecule has 6 heteroatoms. The van der Waals surface area contributed by atoms with Crippen molar-refractivity contribution in [2.45, 2.75) is 25.3 Å². The SMILES string of the molecule is C[C@@H](NC(=O)[C@H]1C[C@@H]1c1nc2ccccc2[nH]1)c1cnc(-c2ccccc2)s1. The fourth-order valence-corrected chi connectivity index (χ4v) is 4.45. The lowest BCUT2D eigenvalue weighted by Crippen LogP contribution is -2.28. The fourth-order valence-electron chi connectivity index (χ4n) is 3.53. The van der Waals surface area contributed by atoms with Crippen molar-refractivity contribution in [3.05, 3.63) is 71.5 Å². The number of carbonyl (C=O) groups excluding carboxylic acids is 1. The number of aromatic amines is 1. The Labute approximate surface area is 166 Å². The van der Waals surface area contributed by atoms with E-state index in [2.05, 4.69) is 20.3 Å². The van der Waals surface area contributed by atoms with Crippen LogP contribution in [0, 0.1) is 5.92 Å². The van der Waals surface area contributed by atoms with Gasteiger partial charge >= 0.3 is 0 Å². The third-order valence-electron chi connectivity index (χ3n) is 5.22. The maximum absolute atomic E-state index is 12.7. The third kappa shape index (κ3) is 3.20. The lowest BCUT2D eigenvalue weighted by Gasteiger charge is -2.11. The number of benzene rings is 2. The number of aromatic nitrogens is 3. The molecule has 2 aromatic carbocycles. The normalized spacial score (nSPS) is 19.5. The van der Waals surface area contributed by atoms with Gasteiger partial charge in [-0.1, -0.05) is 42.5 Å². The molecule has 0 saturated heterocycles. The Hall–Kier alpha value is -2.99. The van der Waals surface area contributed by atoms with Crippen LogP contribution in [0.4, 0.5) is 0 Å². The van der Waals surface area contributed by atoms with Crippen LogP contribution in [-0.2, 0) is 4.79 Å². The second-order valence-corrected chi connectivity index (χ2v) is 8.31. The van der Waals surface area contributed by atoms with Crippen molar-refractivity contribution in [3.63, 3.8) is 0 Å². The molecule has 5 rings (SSSR count). The Morgan fingerprint density at radius 3 is 2.79 bits per heavy atom. The summed E-state index contributed by atoms with van der Waals surface area (Å²) in [5, 5.41) is 4.12. The predicted molar refractivity (Wildman–Crippen MR) is 111 cm³/mol. The molecule has 1 aliphatic rings. The number of imidazole rings is 1.